The summed E-state index contributed by atoms with van der Waals surface area (Å²) in [7, 11) is 1.81. The molecule has 0 saturated carbocycles. The van der Waals surface area contributed by atoms with E-state index in [1.165, 1.54) is 5.39 Å². The zero-order chi connectivity index (χ0) is 13.1. The number of amides is 2. The van der Waals surface area contributed by atoms with Crippen molar-refractivity contribution in [3.63, 3.8) is 0 Å². The Morgan fingerprint density at radius 1 is 1.39 bits per heavy atom. The second-order valence-electron chi connectivity index (χ2n) is 4.82. The van der Waals surface area contributed by atoms with Crippen LogP contribution < -0.4 is 5.32 Å². The molecule has 18 heavy (non-hydrogen) atoms. The van der Waals surface area contributed by atoms with E-state index >= 15 is 0 Å². The Balaban J connectivity index is 2.11. The quantitative estimate of drug-likeness (QED) is 0.858. The van der Waals surface area contributed by atoms with Gasteiger partial charge < -0.3 is 15.2 Å². The fourth-order valence-corrected chi connectivity index (χ4v) is 1.95. The maximum atomic E-state index is 11.8. The van der Waals surface area contributed by atoms with E-state index in [1.54, 1.807) is 11.9 Å². The van der Waals surface area contributed by atoms with Gasteiger partial charge in [-0.15, -0.1) is 0 Å². The second-order valence-corrected chi connectivity index (χ2v) is 4.82. The smallest absolute Gasteiger partial charge is 0.317 e. The third-order valence-corrected chi connectivity index (χ3v) is 2.84. The Hall–Kier alpha value is -1.97. The Labute approximate surface area is 107 Å². The number of carbonyl (C=O) groups is 1. The minimum atomic E-state index is -0.0460. The van der Waals surface area contributed by atoms with Crippen molar-refractivity contribution in [3.05, 3.63) is 36.0 Å². The molecule has 0 unspecified atom stereocenters. The van der Waals surface area contributed by atoms with Crippen molar-refractivity contribution < 1.29 is 4.79 Å². The van der Waals surface area contributed by atoms with Gasteiger partial charge in [0.1, 0.15) is 0 Å². The first-order valence-corrected chi connectivity index (χ1v) is 6.14. The molecular formula is C14H19N3O. The summed E-state index contributed by atoms with van der Waals surface area (Å²) in [6.45, 7) is 4.51. The number of fused-ring (bicyclic) bond motifs is 1. The van der Waals surface area contributed by atoms with E-state index in [1.807, 2.05) is 38.2 Å². The summed E-state index contributed by atoms with van der Waals surface area (Å²) in [5.74, 6) is 0. The molecular weight excluding hydrogens is 226 g/mol. The van der Waals surface area contributed by atoms with Gasteiger partial charge in [0.25, 0.3) is 0 Å². The molecule has 1 aromatic carbocycles. The molecule has 1 heterocycles. The lowest BCUT2D eigenvalue weighted by Gasteiger charge is -2.19. The van der Waals surface area contributed by atoms with Gasteiger partial charge in [-0.3, -0.25) is 0 Å². The van der Waals surface area contributed by atoms with Gasteiger partial charge in [0.2, 0.25) is 0 Å². The number of H-pyrrole nitrogens is 1. The lowest BCUT2D eigenvalue weighted by Crippen LogP contribution is -2.40. The summed E-state index contributed by atoms with van der Waals surface area (Å²) < 4.78 is 0. The monoisotopic (exact) mass is 245 g/mol. The van der Waals surface area contributed by atoms with Gasteiger partial charge in [0.05, 0.1) is 0 Å². The molecule has 0 atom stereocenters. The molecule has 1 aromatic heterocycles. The molecule has 2 amide bonds. The fraction of sp³-hybridized carbons (Fsp3) is 0.357. The lowest BCUT2D eigenvalue weighted by atomic mass is 10.2. The third-order valence-electron chi connectivity index (χ3n) is 2.84. The minimum Gasteiger partial charge on any atom is -0.361 e. The van der Waals surface area contributed by atoms with Crippen LogP contribution in [0.5, 0.6) is 0 Å². The van der Waals surface area contributed by atoms with Crippen molar-refractivity contribution in [2.24, 2.45) is 0 Å². The predicted molar refractivity (Wildman–Crippen MR) is 73.4 cm³/mol. The maximum absolute atomic E-state index is 11.8. The second kappa shape index (κ2) is 5.12. The zero-order valence-corrected chi connectivity index (χ0v) is 11.0. The number of urea groups is 1. The molecule has 0 radical (unpaired) electrons. The summed E-state index contributed by atoms with van der Waals surface area (Å²) in [6.07, 6.45) is 1.96. The Kier molecular flexibility index (Phi) is 3.55. The van der Waals surface area contributed by atoms with Gasteiger partial charge in [-0.1, -0.05) is 18.2 Å². The molecule has 0 bridgehead atoms. The first-order chi connectivity index (χ1) is 8.58. The molecule has 2 N–H and O–H groups in total. The number of hydrogen-bond donors (Lipinski definition) is 2. The van der Waals surface area contributed by atoms with Crippen molar-refractivity contribution in [1.82, 2.24) is 15.2 Å². The SMILES string of the molecule is CC(C)NC(=O)N(C)Cc1c[nH]c2ccccc12. The van der Waals surface area contributed by atoms with Gasteiger partial charge >= 0.3 is 6.03 Å². The molecule has 4 heteroatoms. The highest BCUT2D eigenvalue weighted by atomic mass is 16.2. The van der Waals surface area contributed by atoms with Crippen molar-refractivity contribution in [2.75, 3.05) is 7.05 Å². The van der Waals surface area contributed by atoms with Crippen molar-refractivity contribution in [1.29, 1.82) is 0 Å². The van der Waals surface area contributed by atoms with E-state index in [-0.39, 0.29) is 12.1 Å². The first kappa shape index (κ1) is 12.5. The van der Waals surface area contributed by atoms with E-state index in [0.29, 0.717) is 6.54 Å². The van der Waals surface area contributed by atoms with Crippen LogP contribution >= 0.6 is 0 Å². The number of benzene rings is 1. The summed E-state index contributed by atoms with van der Waals surface area (Å²) in [6, 6.07) is 8.21. The molecule has 0 spiro atoms. The first-order valence-electron chi connectivity index (χ1n) is 6.14. The average Bonchev–Trinajstić information content (AvgIpc) is 2.72. The molecule has 0 aliphatic carbocycles. The number of aromatic nitrogens is 1. The highest BCUT2D eigenvalue weighted by molar-refractivity contribution is 5.83. The number of nitrogens with zero attached hydrogens (tertiary/aromatic N) is 1. The molecule has 0 aliphatic rings. The van der Waals surface area contributed by atoms with Crippen molar-refractivity contribution in [3.8, 4) is 0 Å². The van der Waals surface area contributed by atoms with Gasteiger partial charge in [0, 0.05) is 36.7 Å². The van der Waals surface area contributed by atoms with E-state index in [0.717, 1.165) is 11.1 Å². The maximum Gasteiger partial charge on any atom is 0.317 e. The van der Waals surface area contributed by atoms with Crippen LogP contribution in [0.2, 0.25) is 0 Å². The van der Waals surface area contributed by atoms with Crippen LogP contribution in [0.1, 0.15) is 19.4 Å². The average molecular weight is 245 g/mol. The topological polar surface area (TPSA) is 48.1 Å². The van der Waals surface area contributed by atoms with E-state index in [4.69, 9.17) is 0 Å². The molecule has 2 rings (SSSR count). The summed E-state index contributed by atoms with van der Waals surface area (Å²) in [5, 5.41) is 4.05. The fourth-order valence-electron chi connectivity index (χ4n) is 1.95. The highest BCUT2D eigenvalue weighted by Crippen LogP contribution is 2.18. The Morgan fingerprint density at radius 3 is 2.83 bits per heavy atom. The molecule has 0 fully saturated rings. The number of hydrogen-bond acceptors (Lipinski definition) is 1. The Morgan fingerprint density at radius 2 is 2.11 bits per heavy atom. The van der Waals surface area contributed by atoms with Crippen LogP contribution in [-0.2, 0) is 6.54 Å². The van der Waals surface area contributed by atoms with Gasteiger partial charge in [0.15, 0.2) is 0 Å². The normalized spacial score (nSPS) is 10.9. The van der Waals surface area contributed by atoms with Crippen molar-refractivity contribution in [2.45, 2.75) is 26.4 Å². The minimum absolute atomic E-state index is 0.0460. The number of carbonyl (C=O) groups excluding carboxylic acids is 1. The van der Waals surface area contributed by atoms with Crippen LogP contribution in [0, 0.1) is 0 Å². The third kappa shape index (κ3) is 2.64. The standard InChI is InChI=1S/C14H19N3O/c1-10(2)16-14(18)17(3)9-11-8-15-13-7-5-4-6-12(11)13/h4-8,10,15H,9H2,1-3H3,(H,16,18). The molecule has 96 valence electrons. The van der Waals surface area contributed by atoms with Crippen LogP contribution in [0.3, 0.4) is 0 Å². The van der Waals surface area contributed by atoms with E-state index < -0.39 is 0 Å². The zero-order valence-electron chi connectivity index (χ0n) is 11.0. The van der Waals surface area contributed by atoms with Crippen LogP contribution in [0.4, 0.5) is 4.79 Å². The van der Waals surface area contributed by atoms with E-state index in [2.05, 4.69) is 16.4 Å². The van der Waals surface area contributed by atoms with E-state index in [9.17, 15) is 4.79 Å². The van der Waals surface area contributed by atoms with Gasteiger partial charge in [-0.2, -0.15) is 0 Å². The number of rotatable bonds is 3. The highest BCUT2D eigenvalue weighted by Gasteiger charge is 2.12. The number of nitrogens with one attached hydrogen (secondary N) is 2. The summed E-state index contributed by atoms with van der Waals surface area (Å²) in [4.78, 5) is 16.7. The van der Waals surface area contributed by atoms with Gasteiger partial charge in [-0.05, 0) is 25.5 Å². The predicted octanol–water partition coefficient (Wildman–Crippen LogP) is 2.72. The van der Waals surface area contributed by atoms with Crippen LogP contribution in [-0.4, -0.2) is 29.0 Å². The largest absolute Gasteiger partial charge is 0.361 e. The summed E-state index contributed by atoms with van der Waals surface area (Å²) in [5.41, 5.74) is 2.23. The molecule has 0 aliphatic heterocycles. The van der Waals surface area contributed by atoms with Crippen LogP contribution in [0.15, 0.2) is 30.5 Å². The van der Waals surface area contributed by atoms with Crippen molar-refractivity contribution >= 4 is 16.9 Å². The van der Waals surface area contributed by atoms with Crippen LogP contribution in [0.25, 0.3) is 10.9 Å². The molecule has 4 nitrogen and oxygen atoms in total. The summed E-state index contributed by atoms with van der Waals surface area (Å²) >= 11 is 0. The lowest BCUT2D eigenvalue weighted by molar-refractivity contribution is 0.204. The molecule has 0 saturated heterocycles. The number of para-hydroxylation sites is 1. The Bertz CT molecular complexity index is 545. The molecule has 2 aromatic rings. The van der Waals surface area contributed by atoms with Gasteiger partial charge in [-0.25, -0.2) is 4.79 Å². The number of aromatic amines is 1.